The molecule has 2 rings (SSSR count). The van der Waals surface area contributed by atoms with Crippen LogP contribution >= 0.6 is 27.3 Å². The summed E-state index contributed by atoms with van der Waals surface area (Å²) >= 11 is 5.13. The minimum absolute atomic E-state index is 0.252. The van der Waals surface area contributed by atoms with Crippen LogP contribution in [0.15, 0.2) is 9.85 Å². The van der Waals surface area contributed by atoms with Crippen molar-refractivity contribution in [2.75, 3.05) is 6.61 Å². The smallest absolute Gasteiger partial charge is 0.355 e. The first-order chi connectivity index (χ1) is 7.57. The molecular weight excluding hydrogens is 290 g/mol. The van der Waals surface area contributed by atoms with Crippen molar-refractivity contribution >= 4 is 43.5 Å². The zero-order valence-corrected chi connectivity index (χ0v) is 11.7. The third-order valence-electron chi connectivity index (χ3n) is 2.56. The van der Waals surface area contributed by atoms with Crippen LogP contribution in [0.2, 0.25) is 0 Å². The van der Waals surface area contributed by atoms with Crippen LogP contribution in [-0.4, -0.2) is 17.1 Å². The summed E-state index contributed by atoms with van der Waals surface area (Å²) in [6.45, 7) is 4.17. The third kappa shape index (κ3) is 1.58. The van der Waals surface area contributed by atoms with E-state index >= 15 is 0 Å². The summed E-state index contributed by atoms with van der Waals surface area (Å²) in [5.41, 5.74) is 2.70. The summed E-state index contributed by atoms with van der Waals surface area (Å²) in [5.74, 6) is -0.252. The molecule has 16 heavy (non-hydrogen) atoms. The molecule has 0 spiro atoms. The summed E-state index contributed by atoms with van der Waals surface area (Å²) in [6, 6.07) is 0. The van der Waals surface area contributed by atoms with Crippen molar-refractivity contribution in [2.24, 2.45) is 7.05 Å². The quantitative estimate of drug-likeness (QED) is 0.795. The van der Waals surface area contributed by atoms with E-state index < -0.39 is 0 Å². The molecule has 86 valence electrons. The van der Waals surface area contributed by atoms with Gasteiger partial charge in [-0.2, -0.15) is 0 Å². The van der Waals surface area contributed by atoms with Crippen molar-refractivity contribution in [3.8, 4) is 0 Å². The number of aryl methyl sites for hydroxylation is 2. The number of rotatable bonds is 2. The molecule has 0 saturated heterocycles. The Morgan fingerprint density at radius 3 is 2.88 bits per heavy atom. The van der Waals surface area contributed by atoms with E-state index in [1.807, 2.05) is 30.8 Å². The van der Waals surface area contributed by atoms with Crippen LogP contribution in [0.3, 0.4) is 0 Å². The fraction of sp³-hybridized carbons (Fsp3) is 0.364. The number of carbonyl (C=O) groups is 1. The lowest BCUT2D eigenvalue weighted by Crippen LogP contribution is -2.11. The van der Waals surface area contributed by atoms with E-state index in [0.717, 1.165) is 20.3 Å². The van der Waals surface area contributed by atoms with Gasteiger partial charge < -0.3 is 9.30 Å². The Hall–Kier alpha value is -0.810. The monoisotopic (exact) mass is 301 g/mol. The van der Waals surface area contributed by atoms with Gasteiger partial charge in [0.05, 0.1) is 21.3 Å². The maximum atomic E-state index is 11.8. The van der Waals surface area contributed by atoms with Crippen LogP contribution in [-0.2, 0) is 11.8 Å². The van der Waals surface area contributed by atoms with Crippen molar-refractivity contribution in [3.05, 3.63) is 21.1 Å². The highest BCUT2D eigenvalue weighted by Gasteiger charge is 2.21. The van der Waals surface area contributed by atoms with Crippen molar-refractivity contribution in [2.45, 2.75) is 13.8 Å². The molecule has 0 N–H and O–H groups in total. The van der Waals surface area contributed by atoms with Crippen LogP contribution in [0, 0.1) is 6.92 Å². The molecule has 0 fully saturated rings. The van der Waals surface area contributed by atoms with Crippen molar-refractivity contribution < 1.29 is 9.53 Å². The van der Waals surface area contributed by atoms with Crippen LogP contribution in [0.1, 0.15) is 23.0 Å². The molecule has 0 unspecified atom stereocenters. The Kier molecular flexibility index (Phi) is 3.08. The highest BCUT2D eigenvalue weighted by atomic mass is 79.9. The summed E-state index contributed by atoms with van der Waals surface area (Å²) in [5, 5.41) is 2.03. The number of carbonyl (C=O) groups excluding carboxylic acids is 1. The molecule has 5 heteroatoms. The molecule has 0 atom stereocenters. The van der Waals surface area contributed by atoms with Crippen LogP contribution < -0.4 is 0 Å². The van der Waals surface area contributed by atoms with Gasteiger partial charge in [-0.15, -0.1) is 11.3 Å². The molecule has 3 nitrogen and oxygen atoms in total. The summed E-state index contributed by atoms with van der Waals surface area (Å²) < 4.78 is 9.11. The normalized spacial score (nSPS) is 11.0. The first-order valence-corrected chi connectivity index (χ1v) is 6.64. The van der Waals surface area contributed by atoms with Gasteiger partial charge in [-0.1, -0.05) is 0 Å². The maximum Gasteiger partial charge on any atom is 0.355 e. The zero-order valence-electron chi connectivity index (χ0n) is 9.33. The topological polar surface area (TPSA) is 31.2 Å². The SMILES string of the molecule is CCOC(=O)c1c(C)c2scc(Br)c2n1C. The molecule has 0 aliphatic carbocycles. The van der Waals surface area contributed by atoms with E-state index in [4.69, 9.17) is 4.74 Å². The molecule has 0 saturated carbocycles. The second-order valence-electron chi connectivity index (χ2n) is 3.51. The fourth-order valence-corrected chi connectivity index (χ4v) is 3.71. The Balaban J connectivity index is 2.66. The number of nitrogens with zero attached hydrogens (tertiary/aromatic N) is 1. The Morgan fingerprint density at radius 1 is 1.62 bits per heavy atom. The Morgan fingerprint density at radius 2 is 2.31 bits per heavy atom. The molecule has 0 aliphatic rings. The zero-order chi connectivity index (χ0) is 11.9. The number of halogens is 1. The second kappa shape index (κ2) is 4.22. The van der Waals surface area contributed by atoms with Crippen molar-refractivity contribution in [3.63, 3.8) is 0 Å². The summed E-state index contributed by atoms with van der Waals surface area (Å²) in [4.78, 5) is 11.8. The molecule has 0 bridgehead atoms. The first-order valence-electron chi connectivity index (χ1n) is 4.97. The third-order valence-corrected chi connectivity index (χ3v) is 4.55. The molecule has 0 aliphatic heterocycles. The van der Waals surface area contributed by atoms with Gasteiger partial charge in [-0.25, -0.2) is 4.79 Å². The Labute approximate surface area is 106 Å². The highest BCUT2D eigenvalue weighted by molar-refractivity contribution is 9.10. The van der Waals surface area contributed by atoms with Crippen LogP contribution in [0.4, 0.5) is 0 Å². The molecule has 2 aromatic heterocycles. The van der Waals surface area contributed by atoms with Gasteiger partial charge in [0, 0.05) is 12.4 Å². The average Bonchev–Trinajstić information content (AvgIpc) is 2.70. The molecule has 0 amide bonds. The molecule has 0 radical (unpaired) electrons. The Bertz CT molecular complexity index is 556. The minimum Gasteiger partial charge on any atom is -0.461 e. The lowest BCUT2D eigenvalue weighted by atomic mass is 10.2. The highest BCUT2D eigenvalue weighted by Crippen LogP contribution is 2.36. The first kappa shape index (κ1) is 11.7. The van der Waals surface area contributed by atoms with E-state index in [0.29, 0.717) is 12.3 Å². The number of fused-ring (bicyclic) bond motifs is 1. The van der Waals surface area contributed by atoms with E-state index in [2.05, 4.69) is 15.9 Å². The lowest BCUT2D eigenvalue weighted by Gasteiger charge is -2.05. The molecule has 0 aromatic carbocycles. The maximum absolute atomic E-state index is 11.8. The average molecular weight is 302 g/mol. The number of thiophene rings is 1. The van der Waals surface area contributed by atoms with Crippen LogP contribution in [0.25, 0.3) is 10.2 Å². The number of esters is 1. The molecule has 2 heterocycles. The van der Waals surface area contributed by atoms with Crippen LogP contribution in [0.5, 0.6) is 0 Å². The number of aromatic nitrogens is 1. The number of ether oxygens (including phenoxy) is 1. The van der Waals surface area contributed by atoms with Crippen molar-refractivity contribution in [1.29, 1.82) is 0 Å². The fourth-order valence-electron chi connectivity index (χ4n) is 1.87. The van der Waals surface area contributed by atoms with Gasteiger partial charge in [-0.05, 0) is 35.3 Å². The second-order valence-corrected chi connectivity index (χ2v) is 5.25. The largest absolute Gasteiger partial charge is 0.461 e. The molecule has 2 aromatic rings. The van der Waals surface area contributed by atoms with E-state index in [1.165, 1.54) is 0 Å². The minimum atomic E-state index is -0.252. The van der Waals surface area contributed by atoms with Gasteiger partial charge in [0.15, 0.2) is 0 Å². The summed E-state index contributed by atoms with van der Waals surface area (Å²) in [6.07, 6.45) is 0. The number of hydrogen-bond donors (Lipinski definition) is 0. The standard InChI is InChI=1S/C11H12BrNO2S/c1-4-15-11(14)8-6(2)10-9(13(8)3)7(12)5-16-10/h5H,4H2,1-3H3. The van der Waals surface area contributed by atoms with E-state index in [1.54, 1.807) is 11.3 Å². The van der Waals surface area contributed by atoms with Gasteiger partial charge >= 0.3 is 5.97 Å². The van der Waals surface area contributed by atoms with E-state index in [9.17, 15) is 4.79 Å². The summed E-state index contributed by atoms with van der Waals surface area (Å²) in [7, 11) is 1.89. The van der Waals surface area contributed by atoms with Crippen molar-refractivity contribution in [1.82, 2.24) is 4.57 Å². The van der Waals surface area contributed by atoms with Gasteiger partial charge in [0.2, 0.25) is 0 Å². The lowest BCUT2D eigenvalue weighted by molar-refractivity contribution is 0.0515. The molecular formula is C11H12BrNO2S. The predicted molar refractivity (Wildman–Crippen MR) is 69.2 cm³/mol. The predicted octanol–water partition coefficient (Wildman–Crippen LogP) is 3.49. The van der Waals surface area contributed by atoms with E-state index in [-0.39, 0.29) is 5.97 Å². The number of hydrogen-bond acceptors (Lipinski definition) is 3. The van der Waals surface area contributed by atoms with Gasteiger partial charge in [-0.3, -0.25) is 0 Å². The van der Waals surface area contributed by atoms with Gasteiger partial charge in [0.25, 0.3) is 0 Å². The van der Waals surface area contributed by atoms with Gasteiger partial charge in [0.1, 0.15) is 5.69 Å².